The van der Waals surface area contributed by atoms with Gasteiger partial charge in [-0.15, -0.1) is 0 Å². The zero-order valence-electron chi connectivity index (χ0n) is 7.71. The van der Waals surface area contributed by atoms with Crippen LogP contribution in [0.1, 0.15) is 26.7 Å². The summed E-state index contributed by atoms with van der Waals surface area (Å²) >= 11 is 0. The molecular weight excluding hydrogens is 148 g/mol. The highest BCUT2D eigenvalue weighted by molar-refractivity contribution is 5.22. The molecule has 0 fully saturated rings. The quantitative estimate of drug-likeness (QED) is 0.660. The third kappa shape index (κ3) is 2.57. The summed E-state index contributed by atoms with van der Waals surface area (Å²) in [6.45, 7) is 4.23. The largest absolute Gasteiger partial charge is 0.483 e. The highest BCUT2D eigenvalue weighted by Gasteiger charge is 2.05. The van der Waals surface area contributed by atoms with Gasteiger partial charge in [0.2, 0.25) is 0 Å². The van der Waals surface area contributed by atoms with Crippen molar-refractivity contribution in [3.8, 4) is 5.75 Å². The maximum absolute atomic E-state index is 5.63. The summed E-state index contributed by atoms with van der Waals surface area (Å²) in [6.07, 6.45) is 3.12. The van der Waals surface area contributed by atoms with Crippen LogP contribution in [-0.4, -0.2) is 0 Å². The Labute approximate surface area is 74.4 Å². The van der Waals surface area contributed by atoms with Crippen molar-refractivity contribution in [3.63, 3.8) is 0 Å². The van der Waals surface area contributed by atoms with Gasteiger partial charge in [-0.2, -0.15) is 0 Å². The zero-order chi connectivity index (χ0) is 8.81. The van der Waals surface area contributed by atoms with Gasteiger partial charge < -0.3 is 4.74 Å². The van der Waals surface area contributed by atoms with Gasteiger partial charge in [-0.3, -0.25) is 0 Å². The Balaban J connectivity index is 2.51. The minimum Gasteiger partial charge on any atom is -0.483 e. The van der Waals surface area contributed by atoms with Crippen LogP contribution in [0.3, 0.4) is 0 Å². The normalized spacial score (nSPS) is 10.2. The fourth-order valence-electron chi connectivity index (χ4n) is 1.05. The Morgan fingerprint density at radius 1 is 1.08 bits per heavy atom. The average Bonchev–Trinajstić information content (AvgIpc) is 2.16. The first-order valence-corrected chi connectivity index (χ1v) is 4.44. The molecule has 0 saturated carbocycles. The molecule has 0 aromatic heterocycles. The Kier molecular flexibility index (Phi) is 3.65. The van der Waals surface area contributed by atoms with Crippen molar-refractivity contribution in [1.29, 1.82) is 0 Å². The van der Waals surface area contributed by atoms with Crippen LogP contribution in [0, 0.1) is 6.10 Å². The van der Waals surface area contributed by atoms with Crippen LogP contribution in [0.5, 0.6) is 5.75 Å². The van der Waals surface area contributed by atoms with E-state index in [1.165, 1.54) is 0 Å². The van der Waals surface area contributed by atoms with Gasteiger partial charge in [-0.1, -0.05) is 32.0 Å². The third-order valence-corrected chi connectivity index (χ3v) is 1.79. The Hall–Kier alpha value is -0.980. The molecule has 0 spiro atoms. The first-order valence-electron chi connectivity index (χ1n) is 4.44. The highest BCUT2D eigenvalue weighted by Crippen LogP contribution is 2.18. The fraction of sp³-hybridized carbons (Fsp3) is 0.364. The number of hydrogen-bond acceptors (Lipinski definition) is 1. The summed E-state index contributed by atoms with van der Waals surface area (Å²) in [4.78, 5) is 0. The first kappa shape index (κ1) is 9.11. The van der Waals surface area contributed by atoms with Crippen molar-refractivity contribution in [1.82, 2.24) is 0 Å². The van der Waals surface area contributed by atoms with Crippen molar-refractivity contribution < 1.29 is 4.74 Å². The standard InChI is InChI=1S/C11H15O/c1-3-10(4-2)12-11-8-6-5-7-9-11/h5-9H,3-4H2,1-2H3. The van der Waals surface area contributed by atoms with Crippen LogP contribution >= 0.6 is 0 Å². The van der Waals surface area contributed by atoms with E-state index in [2.05, 4.69) is 13.8 Å². The number of rotatable bonds is 4. The van der Waals surface area contributed by atoms with E-state index in [9.17, 15) is 0 Å². The van der Waals surface area contributed by atoms with E-state index in [0.717, 1.165) is 24.7 Å². The molecule has 1 aromatic rings. The molecular formula is C11H15O. The van der Waals surface area contributed by atoms with Gasteiger partial charge in [0.05, 0.1) is 0 Å². The monoisotopic (exact) mass is 163 g/mol. The maximum atomic E-state index is 5.63. The SMILES string of the molecule is CC[C](CC)Oc1ccccc1. The Morgan fingerprint density at radius 3 is 2.17 bits per heavy atom. The lowest BCUT2D eigenvalue weighted by Crippen LogP contribution is -2.03. The van der Waals surface area contributed by atoms with E-state index in [1.807, 2.05) is 30.3 Å². The second-order valence-corrected chi connectivity index (χ2v) is 2.66. The van der Waals surface area contributed by atoms with Gasteiger partial charge in [0, 0.05) is 0 Å². The van der Waals surface area contributed by atoms with Crippen LogP contribution in [-0.2, 0) is 0 Å². The van der Waals surface area contributed by atoms with Crippen LogP contribution < -0.4 is 4.74 Å². The lowest BCUT2D eigenvalue weighted by Gasteiger charge is -2.13. The molecule has 1 radical (unpaired) electrons. The van der Waals surface area contributed by atoms with Crippen molar-refractivity contribution in [3.05, 3.63) is 36.4 Å². The minimum absolute atomic E-state index is 0.941. The molecule has 0 aliphatic carbocycles. The number of ether oxygens (including phenoxy) is 1. The summed E-state index contributed by atoms with van der Waals surface area (Å²) in [5.41, 5.74) is 0. The third-order valence-electron chi connectivity index (χ3n) is 1.79. The lowest BCUT2D eigenvalue weighted by molar-refractivity contribution is 0.302. The first-order chi connectivity index (χ1) is 5.86. The van der Waals surface area contributed by atoms with Gasteiger partial charge in [-0.25, -0.2) is 0 Å². The molecule has 12 heavy (non-hydrogen) atoms. The molecule has 0 aliphatic rings. The summed E-state index contributed by atoms with van der Waals surface area (Å²) in [6, 6.07) is 9.91. The Morgan fingerprint density at radius 2 is 1.67 bits per heavy atom. The highest BCUT2D eigenvalue weighted by atomic mass is 16.5. The van der Waals surface area contributed by atoms with E-state index in [1.54, 1.807) is 0 Å². The van der Waals surface area contributed by atoms with Crippen LogP contribution in [0.2, 0.25) is 0 Å². The zero-order valence-corrected chi connectivity index (χ0v) is 7.71. The summed E-state index contributed by atoms with van der Waals surface area (Å²) in [5, 5.41) is 0. The molecule has 0 N–H and O–H groups in total. The fourth-order valence-corrected chi connectivity index (χ4v) is 1.05. The summed E-state index contributed by atoms with van der Waals surface area (Å²) in [7, 11) is 0. The minimum atomic E-state index is 0.941. The molecule has 0 atom stereocenters. The van der Waals surface area contributed by atoms with Gasteiger partial charge in [-0.05, 0) is 25.0 Å². The molecule has 0 bridgehead atoms. The van der Waals surface area contributed by atoms with Gasteiger partial charge in [0.15, 0.2) is 0 Å². The smallest absolute Gasteiger partial charge is 0.148 e. The van der Waals surface area contributed by atoms with Crippen molar-refractivity contribution in [2.45, 2.75) is 26.7 Å². The van der Waals surface area contributed by atoms with E-state index in [-0.39, 0.29) is 0 Å². The molecule has 1 rings (SSSR count). The van der Waals surface area contributed by atoms with E-state index in [0.29, 0.717) is 0 Å². The topological polar surface area (TPSA) is 9.23 Å². The molecule has 0 unspecified atom stereocenters. The van der Waals surface area contributed by atoms with Crippen molar-refractivity contribution in [2.24, 2.45) is 0 Å². The van der Waals surface area contributed by atoms with E-state index >= 15 is 0 Å². The molecule has 1 nitrogen and oxygen atoms in total. The molecule has 65 valence electrons. The average molecular weight is 163 g/mol. The predicted molar refractivity (Wildman–Crippen MR) is 50.9 cm³/mol. The van der Waals surface area contributed by atoms with Crippen molar-refractivity contribution in [2.75, 3.05) is 0 Å². The summed E-state index contributed by atoms with van der Waals surface area (Å²) in [5.74, 6) is 0.941. The number of hydrogen-bond donors (Lipinski definition) is 0. The lowest BCUT2D eigenvalue weighted by atomic mass is 10.2. The Bertz CT molecular complexity index is 202. The van der Waals surface area contributed by atoms with Crippen LogP contribution in [0.15, 0.2) is 30.3 Å². The van der Waals surface area contributed by atoms with Gasteiger partial charge >= 0.3 is 0 Å². The van der Waals surface area contributed by atoms with Crippen molar-refractivity contribution >= 4 is 0 Å². The second kappa shape index (κ2) is 4.81. The van der Waals surface area contributed by atoms with E-state index in [4.69, 9.17) is 4.74 Å². The summed E-state index contributed by atoms with van der Waals surface area (Å²) < 4.78 is 5.63. The molecule has 0 amide bonds. The number of benzene rings is 1. The molecule has 0 heterocycles. The maximum Gasteiger partial charge on any atom is 0.148 e. The molecule has 0 saturated heterocycles. The predicted octanol–water partition coefficient (Wildman–Crippen LogP) is 3.42. The van der Waals surface area contributed by atoms with Gasteiger partial charge in [0.1, 0.15) is 11.9 Å². The number of para-hydroxylation sites is 1. The molecule has 0 aliphatic heterocycles. The molecule has 1 heteroatoms. The van der Waals surface area contributed by atoms with Crippen LogP contribution in [0.4, 0.5) is 0 Å². The van der Waals surface area contributed by atoms with E-state index < -0.39 is 0 Å². The van der Waals surface area contributed by atoms with Crippen LogP contribution in [0.25, 0.3) is 0 Å². The molecule has 1 aromatic carbocycles. The van der Waals surface area contributed by atoms with Gasteiger partial charge in [0.25, 0.3) is 0 Å². The second-order valence-electron chi connectivity index (χ2n) is 2.66.